The minimum absolute atomic E-state index is 0.356. The van der Waals surface area contributed by atoms with E-state index < -0.39 is 0 Å². The Morgan fingerprint density at radius 1 is 1.30 bits per heavy atom. The summed E-state index contributed by atoms with van der Waals surface area (Å²) < 4.78 is 4.92. The fourth-order valence-electron chi connectivity index (χ4n) is 2.45. The SMILES string of the molecule is Cc1ccc(-n2c(CCl)nc3c(C)nn(C)c32)c(Br)c1. The molecule has 0 aliphatic carbocycles. The molecule has 0 amide bonds. The second kappa shape index (κ2) is 4.90. The van der Waals surface area contributed by atoms with Crippen LogP contribution in [-0.2, 0) is 12.9 Å². The molecule has 0 aliphatic heterocycles. The number of benzene rings is 1. The lowest BCUT2D eigenvalue weighted by atomic mass is 10.2. The summed E-state index contributed by atoms with van der Waals surface area (Å²) in [7, 11) is 1.92. The van der Waals surface area contributed by atoms with E-state index in [1.165, 1.54) is 5.56 Å². The quantitative estimate of drug-likeness (QED) is 0.656. The van der Waals surface area contributed by atoms with Gasteiger partial charge in [-0.25, -0.2) is 9.67 Å². The number of aryl methyl sites for hydroxylation is 3. The van der Waals surface area contributed by atoms with Crippen molar-refractivity contribution in [3.05, 3.63) is 39.8 Å². The van der Waals surface area contributed by atoms with Gasteiger partial charge < -0.3 is 0 Å². The molecule has 1 aromatic carbocycles. The van der Waals surface area contributed by atoms with Crippen LogP contribution in [0.3, 0.4) is 0 Å². The number of hydrogen-bond acceptors (Lipinski definition) is 2. The number of hydrogen-bond donors (Lipinski definition) is 0. The molecular weight excluding hydrogens is 340 g/mol. The molecule has 0 atom stereocenters. The summed E-state index contributed by atoms with van der Waals surface area (Å²) in [6.07, 6.45) is 0. The highest BCUT2D eigenvalue weighted by molar-refractivity contribution is 9.10. The van der Waals surface area contributed by atoms with Gasteiger partial charge in [-0.2, -0.15) is 5.10 Å². The normalized spacial score (nSPS) is 11.4. The van der Waals surface area contributed by atoms with Crippen LogP contribution in [0.25, 0.3) is 16.9 Å². The molecule has 0 bridgehead atoms. The zero-order chi connectivity index (χ0) is 14.4. The minimum atomic E-state index is 0.356. The summed E-state index contributed by atoms with van der Waals surface area (Å²) in [6, 6.07) is 6.23. The van der Waals surface area contributed by atoms with E-state index in [2.05, 4.69) is 55.7 Å². The fraction of sp³-hybridized carbons (Fsp3) is 0.286. The molecule has 0 saturated carbocycles. The molecule has 0 unspecified atom stereocenters. The van der Waals surface area contributed by atoms with E-state index >= 15 is 0 Å². The van der Waals surface area contributed by atoms with E-state index in [0.717, 1.165) is 32.8 Å². The first kappa shape index (κ1) is 13.6. The van der Waals surface area contributed by atoms with E-state index in [4.69, 9.17) is 11.6 Å². The highest BCUT2D eigenvalue weighted by Crippen LogP contribution is 2.29. The lowest BCUT2D eigenvalue weighted by molar-refractivity contribution is 0.754. The predicted octanol–water partition coefficient (Wildman–Crippen LogP) is 3.88. The molecule has 3 aromatic rings. The Balaban J connectivity index is 2.39. The average molecular weight is 354 g/mol. The Morgan fingerprint density at radius 3 is 2.70 bits per heavy atom. The van der Waals surface area contributed by atoms with Crippen LogP contribution in [0.15, 0.2) is 22.7 Å². The van der Waals surface area contributed by atoms with Gasteiger partial charge in [-0.15, -0.1) is 11.6 Å². The van der Waals surface area contributed by atoms with Crippen molar-refractivity contribution in [2.24, 2.45) is 7.05 Å². The molecule has 2 heterocycles. The Labute approximate surface area is 130 Å². The van der Waals surface area contributed by atoms with Crippen LogP contribution in [-0.4, -0.2) is 19.3 Å². The van der Waals surface area contributed by atoms with Gasteiger partial charge in [0.2, 0.25) is 0 Å². The van der Waals surface area contributed by atoms with Crippen LogP contribution in [0.5, 0.6) is 0 Å². The highest BCUT2D eigenvalue weighted by atomic mass is 79.9. The third kappa shape index (κ3) is 1.96. The fourth-order valence-corrected chi connectivity index (χ4v) is 3.30. The number of nitrogens with zero attached hydrogens (tertiary/aromatic N) is 4. The van der Waals surface area contributed by atoms with E-state index in [1.807, 2.05) is 18.7 Å². The van der Waals surface area contributed by atoms with E-state index in [9.17, 15) is 0 Å². The topological polar surface area (TPSA) is 35.6 Å². The molecule has 0 N–H and O–H groups in total. The number of imidazole rings is 1. The van der Waals surface area contributed by atoms with Crippen molar-refractivity contribution in [3.63, 3.8) is 0 Å². The van der Waals surface area contributed by atoms with Gasteiger partial charge >= 0.3 is 0 Å². The van der Waals surface area contributed by atoms with Crippen LogP contribution in [0.1, 0.15) is 17.1 Å². The van der Waals surface area contributed by atoms with E-state index in [1.54, 1.807) is 0 Å². The number of rotatable bonds is 2. The zero-order valence-electron chi connectivity index (χ0n) is 11.5. The smallest absolute Gasteiger partial charge is 0.163 e. The van der Waals surface area contributed by atoms with Crippen LogP contribution < -0.4 is 0 Å². The van der Waals surface area contributed by atoms with Crippen molar-refractivity contribution in [3.8, 4) is 5.69 Å². The average Bonchev–Trinajstić information content (AvgIpc) is 2.89. The summed E-state index contributed by atoms with van der Waals surface area (Å²) in [5.41, 5.74) is 5.00. The van der Waals surface area contributed by atoms with Gasteiger partial charge in [0, 0.05) is 11.5 Å². The maximum absolute atomic E-state index is 6.07. The first-order valence-corrected chi connectivity index (χ1v) is 7.59. The van der Waals surface area contributed by atoms with Crippen LogP contribution in [0.4, 0.5) is 0 Å². The third-order valence-corrected chi connectivity index (χ3v) is 4.21. The maximum Gasteiger partial charge on any atom is 0.163 e. The summed E-state index contributed by atoms with van der Waals surface area (Å²) in [5.74, 6) is 1.18. The standard InChI is InChI=1S/C14H14BrClN4/c1-8-4-5-11(10(15)6-8)20-12(7-16)17-13-9(2)18-19(3)14(13)20/h4-6H,7H2,1-3H3. The van der Waals surface area contributed by atoms with Crippen molar-refractivity contribution in [1.29, 1.82) is 0 Å². The second-order valence-electron chi connectivity index (χ2n) is 4.83. The summed E-state index contributed by atoms with van der Waals surface area (Å²) >= 11 is 9.70. The van der Waals surface area contributed by atoms with Crippen molar-refractivity contribution in [1.82, 2.24) is 19.3 Å². The Morgan fingerprint density at radius 2 is 2.05 bits per heavy atom. The third-order valence-electron chi connectivity index (χ3n) is 3.34. The van der Waals surface area contributed by atoms with Gasteiger partial charge in [0.25, 0.3) is 0 Å². The van der Waals surface area contributed by atoms with Gasteiger partial charge in [-0.1, -0.05) is 6.07 Å². The summed E-state index contributed by atoms with van der Waals surface area (Å²) in [6.45, 7) is 4.02. The Kier molecular flexibility index (Phi) is 3.34. The molecule has 6 heteroatoms. The van der Waals surface area contributed by atoms with Crippen LogP contribution in [0.2, 0.25) is 0 Å². The van der Waals surface area contributed by atoms with Crippen molar-refractivity contribution >= 4 is 38.7 Å². The first-order valence-electron chi connectivity index (χ1n) is 6.26. The van der Waals surface area contributed by atoms with Gasteiger partial charge in [-0.05, 0) is 47.5 Å². The molecule has 0 spiro atoms. The van der Waals surface area contributed by atoms with E-state index in [-0.39, 0.29) is 0 Å². The number of halogens is 2. The van der Waals surface area contributed by atoms with E-state index in [0.29, 0.717) is 5.88 Å². The maximum atomic E-state index is 6.07. The highest BCUT2D eigenvalue weighted by Gasteiger charge is 2.19. The predicted molar refractivity (Wildman–Crippen MR) is 84.6 cm³/mol. The number of alkyl halides is 1. The molecule has 3 rings (SSSR count). The molecule has 20 heavy (non-hydrogen) atoms. The molecule has 4 nitrogen and oxygen atoms in total. The van der Waals surface area contributed by atoms with Gasteiger partial charge in [-0.3, -0.25) is 4.57 Å². The Hall–Kier alpha value is -1.33. The molecule has 0 aliphatic rings. The van der Waals surface area contributed by atoms with Crippen molar-refractivity contribution in [2.75, 3.05) is 0 Å². The number of fused-ring (bicyclic) bond motifs is 1. The molecular formula is C14H14BrClN4. The summed E-state index contributed by atoms with van der Waals surface area (Å²) in [4.78, 5) is 4.62. The first-order chi connectivity index (χ1) is 9.52. The number of aromatic nitrogens is 4. The molecule has 0 radical (unpaired) electrons. The van der Waals surface area contributed by atoms with Crippen LogP contribution in [0, 0.1) is 13.8 Å². The molecule has 0 saturated heterocycles. The minimum Gasteiger partial charge on any atom is -0.279 e. The summed E-state index contributed by atoms with van der Waals surface area (Å²) in [5, 5.41) is 4.43. The molecule has 104 valence electrons. The molecule has 2 aromatic heterocycles. The lowest BCUT2D eigenvalue weighted by Gasteiger charge is -2.11. The zero-order valence-corrected chi connectivity index (χ0v) is 13.8. The Bertz CT molecular complexity index is 803. The largest absolute Gasteiger partial charge is 0.279 e. The molecule has 0 fully saturated rings. The van der Waals surface area contributed by atoms with Crippen LogP contribution >= 0.6 is 27.5 Å². The van der Waals surface area contributed by atoms with Crippen molar-refractivity contribution in [2.45, 2.75) is 19.7 Å². The second-order valence-corrected chi connectivity index (χ2v) is 5.95. The van der Waals surface area contributed by atoms with Crippen molar-refractivity contribution < 1.29 is 0 Å². The van der Waals surface area contributed by atoms with Gasteiger partial charge in [0.05, 0.1) is 17.3 Å². The van der Waals surface area contributed by atoms with Gasteiger partial charge in [0.15, 0.2) is 5.65 Å². The monoisotopic (exact) mass is 352 g/mol. The lowest BCUT2D eigenvalue weighted by Crippen LogP contribution is -2.05. The van der Waals surface area contributed by atoms with Gasteiger partial charge in [0.1, 0.15) is 11.3 Å².